The fourth-order valence-corrected chi connectivity index (χ4v) is 2.51. The number of nitriles is 2. The second kappa shape index (κ2) is 6.13. The van der Waals surface area contributed by atoms with Crippen LogP contribution in [0, 0.1) is 28.5 Å². The zero-order valence-corrected chi connectivity index (χ0v) is 12.1. The molecule has 0 spiro atoms. The molecular weight excluding hydrogens is 287 g/mol. The highest BCUT2D eigenvalue weighted by molar-refractivity contribution is 5.77. The van der Waals surface area contributed by atoms with Crippen LogP contribution in [0.1, 0.15) is 11.1 Å². The Kier molecular flexibility index (Phi) is 3.87. The van der Waals surface area contributed by atoms with Crippen molar-refractivity contribution < 1.29 is 4.39 Å². The van der Waals surface area contributed by atoms with Gasteiger partial charge in [0.15, 0.2) is 5.82 Å². The highest BCUT2D eigenvalue weighted by Gasteiger charge is 2.14. The Balaban J connectivity index is 2.16. The van der Waals surface area contributed by atoms with E-state index in [1.807, 2.05) is 60.7 Å². The van der Waals surface area contributed by atoms with Crippen molar-refractivity contribution in [1.29, 1.82) is 10.5 Å². The van der Waals surface area contributed by atoms with Gasteiger partial charge in [-0.15, -0.1) is 0 Å². The van der Waals surface area contributed by atoms with Crippen LogP contribution in [0.15, 0.2) is 66.7 Å². The fraction of sp³-hybridized carbons (Fsp3) is 0. The van der Waals surface area contributed by atoms with Gasteiger partial charge in [-0.2, -0.15) is 10.5 Å². The first-order chi connectivity index (χ1) is 11.2. The van der Waals surface area contributed by atoms with Crippen molar-refractivity contribution in [3.8, 4) is 34.4 Å². The van der Waals surface area contributed by atoms with E-state index < -0.39 is 5.82 Å². The standard InChI is InChI=1S/C20H11FN2/c21-20-17(12-22)9-10-18(19(20)13-23)16-8-4-7-15(11-16)14-5-2-1-3-6-14/h1-11H. The van der Waals surface area contributed by atoms with Gasteiger partial charge >= 0.3 is 0 Å². The van der Waals surface area contributed by atoms with Crippen molar-refractivity contribution in [2.75, 3.05) is 0 Å². The first-order valence-corrected chi connectivity index (χ1v) is 7.03. The molecule has 3 heteroatoms. The van der Waals surface area contributed by atoms with Crippen molar-refractivity contribution in [2.45, 2.75) is 0 Å². The van der Waals surface area contributed by atoms with Gasteiger partial charge in [0.05, 0.1) is 11.1 Å². The van der Waals surface area contributed by atoms with E-state index in [-0.39, 0.29) is 11.1 Å². The molecule has 0 aliphatic carbocycles. The minimum atomic E-state index is -0.766. The van der Waals surface area contributed by atoms with E-state index in [1.165, 1.54) is 6.07 Å². The Bertz CT molecular complexity index is 948. The van der Waals surface area contributed by atoms with E-state index in [2.05, 4.69) is 0 Å². The van der Waals surface area contributed by atoms with Crippen LogP contribution in [0.2, 0.25) is 0 Å². The first-order valence-electron chi connectivity index (χ1n) is 7.03. The summed E-state index contributed by atoms with van der Waals surface area (Å²) in [6.07, 6.45) is 0. The SMILES string of the molecule is N#Cc1ccc(-c2cccc(-c3ccccc3)c2)c(C#N)c1F. The van der Waals surface area contributed by atoms with Gasteiger partial charge in [-0.3, -0.25) is 0 Å². The van der Waals surface area contributed by atoms with Crippen LogP contribution < -0.4 is 0 Å². The average Bonchev–Trinajstić information content (AvgIpc) is 2.62. The Hall–Kier alpha value is -3.43. The summed E-state index contributed by atoms with van der Waals surface area (Å²) in [6, 6.07) is 24.0. The van der Waals surface area contributed by atoms with Gasteiger partial charge in [-0.05, 0) is 28.8 Å². The Morgan fingerprint density at radius 1 is 0.696 bits per heavy atom. The largest absolute Gasteiger partial charge is 0.204 e. The second-order valence-electron chi connectivity index (χ2n) is 5.02. The molecule has 0 saturated heterocycles. The van der Waals surface area contributed by atoms with Crippen molar-refractivity contribution in [3.05, 3.63) is 83.7 Å². The predicted molar refractivity (Wildman–Crippen MR) is 86.7 cm³/mol. The molecule has 2 nitrogen and oxygen atoms in total. The Morgan fingerprint density at radius 2 is 1.39 bits per heavy atom. The van der Waals surface area contributed by atoms with Gasteiger partial charge in [0, 0.05) is 5.56 Å². The minimum Gasteiger partial charge on any atom is -0.204 e. The topological polar surface area (TPSA) is 47.6 Å². The smallest absolute Gasteiger partial charge is 0.159 e. The first kappa shape index (κ1) is 14.5. The van der Waals surface area contributed by atoms with Crippen LogP contribution in [0.25, 0.3) is 22.3 Å². The van der Waals surface area contributed by atoms with E-state index in [9.17, 15) is 9.65 Å². The van der Waals surface area contributed by atoms with E-state index in [0.29, 0.717) is 5.56 Å². The molecule has 108 valence electrons. The van der Waals surface area contributed by atoms with Gasteiger partial charge in [0.2, 0.25) is 0 Å². The van der Waals surface area contributed by atoms with E-state index in [1.54, 1.807) is 12.1 Å². The third-order valence-electron chi connectivity index (χ3n) is 3.65. The number of hydrogen-bond donors (Lipinski definition) is 0. The summed E-state index contributed by atoms with van der Waals surface area (Å²) in [5.74, 6) is -0.766. The molecule has 0 heterocycles. The number of rotatable bonds is 2. The van der Waals surface area contributed by atoms with E-state index in [0.717, 1.165) is 16.7 Å². The molecule has 0 amide bonds. The Labute approximate surface area is 133 Å². The quantitative estimate of drug-likeness (QED) is 0.675. The van der Waals surface area contributed by atoms with Gasteiger partial charge in [0.1, 0.15) is 12.1 Å². The molecule has 0 atom stereocenters. The summed E-state index contributed by atoms with van der Waals surface area (Å²) in [5, 5.41) is 18.2. The van der Waals surface area contributed by atoms with Gasteiger partial charge in [-0.25, -0.2) is 4.39 Å². The number of hydrogen-bond acceptors (Lipinski definition) is 2. The predicted octanol–water partition coefficient (Wildman–Crippen LogP) is 4.90. The van der Waals surface area contributed by atoms with Crippen LogP contribution in [0.3, 0.4) is 0 Å². The minimum absolute atomic E-state index is 0.103. The molecule has 0 N–H and O–H groups in total. The van der Waals surface area contributed by atoms with Crippen LogP contribution in [-0.2, 0) is 0 Å². The number of nitrogens with zero attached hydrogens (tertiary/aromatic N) is 2. The van der Waals surface area contributed by atoms with Gasteiger partial charge in [0.25, 0.3) is 0 Å². The second-order valence-corrected chi connectivity index (χ2v) is 5.02. The molecule has 3 aromatic rings. The molecule has 0 fully saturated rings. The van der Waals surface area contributed by atoms with Crippen LogP contribution in [0.4, 0.5) is 4.39 Å². The third kappa shape index (κ3) is 2.69. The van der Waals surface area contributed by atoms with Crippen molar-refractivity contribution in [1.82, 2.24) is 0 Å². The molecule has 0 aliphatic rings. The summed E-state index contributed by atoms with van der Waals surface area (Å²) in [4.78, 5) is 0. The van der Waals surface area contributed by atoms with Crippen LogP contribution in [0.5, 0.6) is 0 Å². The summed E-state index contributed by atoms with van der Waals surface area (Å²) < 4.78 is 14.2. The molecule has 0 saturated carbocycles. The normalized spacial score (nSPS) is 9.87. The maximum Gasteiger partial charge on any atom is 0.159 e. The molecule has 0 aliphatic heterocycles. The summed E-state index contributed by atoms with van der Waals surface area (Å²) in [5.41, 5.74) is 3.03. The maximum atomic E-state index is 14.2. The van der Waals surface area contributed by atoms with E-state index in [4.69, 9.17) is 5.26 Å². The van der Waals surface area contributed by atoms with Crippen LogP contribution in [-0.4, -0.2) is 0 Å². The molecule has 3 aromatic carbocycles. The summed E-state index contributed by atoms with van der Waals surface area (Å²) in [7, 11) is 0. The lowest BCUT2D eigenvalue weighted by Crippen LogP contribution is -1.94. The highest BCUT2D eigenvalue weighted by atomic mass is 19.1. The summed E-state index contributed by atoms with van der Waals surface area (Å²) >= 11 is 0. The van der Waals surface area contributed by atoms with Gasteiger partial charge in [-0.1, -0.05) is 54.6 Å². The van der Waals surface area contributed by atoms with E-state index >= 15 is 0 Å². The molecule has 0 radical (unpaired) electrons. The van der Waals surface area contributed by atoms with Crippen molar-refractivity contribution in [2.24, 2.45) is 0 Å². The fourth-order valence-electron chi connectivity index (χ4n) is 2.51. The molecule has 0 aromatic heterocycles. The van der Waals surface area contributed by atoms with Crippen molar-refractivity contribution in [3.63, 3.8) is 0 Å². The highest BCUT2D eigenvalue weighted by Crippen LogP contribution is 2.30. The third-order valence-corrected chi connectivity index (χ3v) is 3.65. The number of halogens is 1. The molecule has 0 bridgehead atoms. The Morgan fingerprint density at radius 3 is 2.09 bits per heavy atom. The molecular formula is C20H11FN2. The molecule has 0 unspecified atom stereocenters. The zero-order chi connectivity index (χ0) is 16.2. The lowest BCUT2D eigenvalue weighted by molar-refractivity contribution is 0.620. The maximum absolute atomic E-state index is 14.2. The lowest BCUT2D eigenvalue weighted by atomic mass is 9.95. The van der Waals surface area contributed by atoms with Crippen molar-refractivity contribution >= 4 is 0 Å². The summed E-state index contributed by atoms with van der Waals surface area (Å²) in [6.45, 7) is 0. The average molecular weight is 298 g/mol. The monoisotopic (exact) mass is 298 g/mol. The lowest BCUT2D eigenvalue weighted by Gasteiger charge is -2.09. The number of benzene rings is 3. The molecule has 3 rings (SSSR count). The van der Waals surface area contributed by atoms with Gasteiger partial charge < -0.3 is 0 Å². The van der Waals surface area contributed by atoms with Crippen LogP contribution >= 0.6 is 0 Å². The molecule has 23 heavy (non-hydrogen) atoms. The zero-order valence-electron chi connectivity index (χ0n) is 12.1.